The lowest BCUT2D eigenvalue weighted by molar-refractivity contribution is 0.101. The van der Waals surface area contributed by atoms with Gasteiger partial charge in [0.05, 0.1) is 23.8 Å². The minimum absolute atomic E-state index is 0.0168. The molecule has 0 unspecified atom stereocenters. The number of rotatable bonds is 4. The quantitative estimate of drug-likeness (QED) is 0.366. The molecular weight excluding hydrogens is 424 g/mol. The summed E-state index contributed by atoms with van der Waals surface area (Å²) in [7, 11) is 0. The second kappa shape index (κ2) is 7.01. The fraction of sp³-hybridized carbons (Fsp3) is 0.0476. The SMILES string of the molecule is Cc1ccc(C(=O)c2c(O)c(O)n(-c3ncc4[nH]cnc4n3)c2-c2ccc(F)c(F)c2)o1. The molecule has 0 saturated carbocycles. The van der Waals surface area contributed by atoms with Crippen LogP contribution in [0.3, 0.4) is 0 Å². The molecule has 5 rings (SSSR count). The first-order chi connectivity index (χ1) is 15.3. The summed E-state index contributed by atoms with van der Waals surface area (Å²) < 4.78 is 34.0. The van der Waals surface area contributed by atoms with Gasteiger partial charge in [-0.05, 0) is 37.3 Å². The molecule has 32 heavy (non-hydrogen) atoms. The zero-order chi connectivity index (χ0) is 22.6. The van der Waals surface area contributed by atoms with Gasteiger partial charge in [-0.3, -0.25) is 4.79 Å². The number of nitrogens with zero attached hydrogens (tertiary/aromatic N) is 4. The predicted octanol–water partition coefficient (Wildman–Crippen LogP) is 3.63. The van der Waals surface area contributed by atoms with Gasteiger partial charge in [0.1, 0.15) is 11.3 Å². The Morgan fingerprint density at radius 2 is 1.94 bits per heavy atom. The lowest BCUT2D eigenvalue weighted by atomic mass is 10.0. The number of carbonyl (C=O) groups is 1. The van der Waals surface area contributed by atoms with E-state index < -0.39 is 34.6 Å². The van der Waals surface area contributed by atoms with Crippen molar-refractivity contribution >= 4 is 16.9 Å². The van der Waals surface area contributed by atoms with Crippen LogP contribution in [-0.2, 0) is 0 Å². The second-order valence-corrected chi connectivity index (χ2v) is 6.91. The maximum atomic E-state index is 14.1. The van der Waals surface area contributed by atoms with Gasteiger partial charge in [0.2, 0.25) is 17.6 Å². The third-order valence-electron chi connectivity index (χ3n) is 4.87. The Morgan fingerprint density at radius 3 is 2.66 bits per heavy atom. The lowest BCUT2D eigenvalue weighted by Gasteiger charge is -2.10. The summed E-state index contributed by atoms with van der Waals surface area (Å²) in [5.41, 5.74) is 0.174. The van der Waals surface area contributed by atoms with Crippen LogP contribution >= 0.6 is 0 Å². The van der Waals surface area contributed by atoms with Crippen LogP contribution in [0.25, 0.3) is 28.4 Å². The van der Waals surface area contributed by atoms with Crippen LogP contribution in [0.5, 0.6) is 11.6 Å². The smallest absolute Gasteiger partial charge is 0.243 e. The van der Waals surface area contributed by atoms with Crippen LogP contribution in [-0.4, -0.2) is 40.5 Å². The minimum atomic E-state index is -1.19. The van der Waals surface area contributed by atoms with E-state index in [9.17, 15) is 23.8 Å². The number of aromatic hydroxyl groups is 2. The van der Waals surface area contributed by atoms with Crippen molar-refractivity contribution in [3.05, 3.63) is 71.6 Å². The van der Waals surface area contributed by atoms with Crippen LogP contribution < -0.4 is 0 Å². The Morgan fingerprint density at radius 1 is 1.12 bits per heavy atom. The second-order valence-electron chi connectivity index (χ2n) is 6.91. The first-order valence-corrected chi connectivity index (χ1v) is 9.25. The first-order valence-electron chi connectivity index (χ1n) is 9.25. The third kappa shape index (κ3) is 2.90. The van der Waals surface area contributed by atoms with Gasteiger partial charge in [0, 0.05) is 5.56 Å². The molecule has 0 aliphatic heterocycles. The van der Waals surface area contributed by atoms with E-state index in [-0.39, 0.29) is 28.6 Å². The highest BCUT2D eigenvalue weighted by molar-refractivity contribution is 6.13. The molecule has 0 spiro atoms. The Labute approximate surface area is 177 Å². The van der Waals surface area contributed by atoms with Gasteiger partial charge in [0.15, 0.2) is 28.8 Å². The molecule has 4 heterocycles. The van der Waals surface area contributed by atoms with Crippen LogP contribution in [0.1, 0.15) is 21.9 Å². The number of aromatic nitrogens is 5. The average Bonchev–Trinajstić information content (AvgIpc) is 3.48. The summed E-state index contributed by atoms with van der Waals surface area (Å²) in [5, 5.41) is 21.4. The summed E-state index contributed by atoms with van der Waals surface area (Å²) in [6.07, 6.45) is 2.77. The van der Waals surface area contributed by atoms with E-state index in [4.69, 9.17) is 4.42 Å². The van der Waals surface area contributed by atoms with Crippen LogP contribution in [0.15, 0.2) is 47.3 Å². The van der Waals surface area contributed by atoms with Crippen molar-refractivity contribution in [1.82, 2.24) is 24.5 Å². The van der Waals surface area contributed by atoms with Gasteiger partial charge in [-0.1, -0.05) is 0 Å². The highest BCUT2D eigenvalue weighted by Gasteiger charge is 2.32. The molecule has 0 saturated heterocycles. The van der Waals surface area contributed by atoms with Crippen molar-refractivity contribution in [2.75, 3.05) is 0 Å². The molecule has 9 nitrogen and oxygen atoms in total. The number of fused-ring (bicyclic) bond motifs is 1. The fourth-order valence-electron chi connectivity index (χ4n) is 3.39. The zero-order valence-corrected chi connectivity index (χ0v) is 16.3. The Balaban J connectivity index is 1.83. The summed E-state index contributed by atoms with van der Waals surface area (Å²) >= 11 is 0. The van der Waals surface area contributed by atoms with Gasteiger partial charge in [-0.15, -0.1) is 0 Å². The number of hydrogen-bond donors (Lipinski definition) is 3. The van der Waals surface area contributed by atoms with Crippen LogP contribution in [0, 0.1) is 18.6 Å². The normalized spacial score (nSPS) is 11.3. The van der Waals surface area contributed by atoms with Gasteiger partial charge in [-0.2, -0.15) is 4.98 Å². The molecular formula is C21H13F2N5O4. The number of aryl methyl sites for hydroxylation is 1. The van der Waals surface area contributed by atoms with Crippen molar-refractivity contribution in [1.29, 1.82) is 0 Å². The standard InChI is InChI=1S/C21H13F2N5O4/c1-9-2-5-14(32-9)17(29)15-16(10-3-4-11(22)12(23)6-10)28(20(31)18(15)30)21-24-7-13-19(27-21)26-8-25-13/h2-8,30-31H,1H3,(H,24,25,26,27). The molecule has 3 N–H and O–H groups in total. The van der Waals surface area contributed by atoms with E-state index >= 15 is 0 Å². The number of carbonyl (C=O) groups excluding carboxylic acids is 1. The highest BCUT2D eigenvalue weighted by Crippen LogP contribution is 2.43. The van der Waals surface area contributed by atoms with E-state index in [2.05, 4.69) is 19.9 Å². The number of hydrogen-bond acceptors (Lipinski definition) is 7. The van der Waals surface area contributed by atoms with Gasteiger partial charge in [-0.25, -0.2) is 23.3 Å². The number of nitrogens with one attached hydrogen (secondary N) is 1. The molecule has 160 valence electrons. The Kier molecular flexibility index (Phi) is 4.26. The summed E-state index contributed by atoms with van der Waals surface area (Å²) in [4.78, 5) is 28.4. The molecule has 0 fully saturated rings. The van der Waals surface area contributed by atoms with E-state index in [1.54, 1.807) is 13.0 Å². The number of halogens is 2. The van der Waals surface area contributed by atoms with Crippen LogP contribution in [0.4, 0.5) is 8.78 Å². The van der Waals surface area contributed by atoms with E-state index in [1.807, 2.05) is 0 Å². The lowest BCUT2D eigenvalue weighted by Crippen LogP contribution is -2.07. The molecule has 5 aromatic rings. The minimum Gasteiger partial charge on any atom is -0.503 e. The molecule has 0 radical (unpaired) electrons. The van der Waals surface area contributed by atoms with Crippen LogP contribution in [0.2, 0.25) is 0 Å². The maximum absolute atomic E-state index is 14.1. The zero-order valence-electron chi connectivity index (χ0n) is 16.3. The Bertz CT molecular complexity index is 1520. The third-order valence-corrected chi connectivity index (χ3v) is 4.87. The summed E-state index contributed by atoms with van der Waals surface area (Å²) in [6.45, 7) is 1.63. The van der Waals surface area contributed by atoms with Crippen molar-refractivity contribution in [3.8, 4) is 28.8 Å². The number of furan rings is 1. The number of H-pyrrole nitrogens is 1. The molecule has 0 amide bonds. The van der Waals surface area contributed by atoms with Crippen molar-refractivity contribution in [2.45, 2.75) is 6.92 Å². The molecule has 0 atom stereocenters. The summed E-state index contributed by atoms with van der Waals surface area (Å²) in [5.74, 6) is -4.49. The number of aromatic amines is 1. The van der Waals surface area contributed by atoms with Gasteiger partial charge < -0.3 is 19.6 Å². The molecule has 4 aromatic heterocycles. The van der Waals surface area contributed by atoms with E-state index in [0.29, 0.717) is 11.3 Å². The molecule has 11 heteroatoms. The molecule has 0 aliphatic rings. The van der Waals surface area contributed by atoms with Crippen molar-refractivity contribution < 1.29 is 28.2 Å². The molecule has 0 bridgehead atoms. The number of benzene rings is 1. The topological polar surface area (TPSA) is 130 Å². The van der Waals surface area contributed by atoms with Gasteiger partial charge >= 0.3 is 0 Å². The summed E-state index contributed by atoms with van der Waals surface area (Å²) in [6, 6.07) is 5.83. The molecule has 0 aliphatic carbocycles. The average molecular weight is 437 g/mol. The molecule has 1 aromatic carbocycles. The van der Waals surface area contributed by atoms with Crippen molar-refractivity contribution in [3.63, 3.8) is 0 Å². The fourth-order valence-corrected chi connectivity index (χ4v) is 3.39. The Hall–Kier alpha value is -4.54. The highest BCUT2D eigenvalue weighted by atomic mass is 19.2. The van der Waals surface area contributed by atoms with E-state index in [0.717, 1.165) is 16.7 Å². The number of ketones is 1. The number of imidazole rings is 1. The predicted molar refractivity (Wildman–Crippen MR) is 107 cm³/mol. The van der Waals surface area contributed by atoms with Gasteiger partial charge in [0.25, 0.3) is 0 Å². The van der Waals surface area contributed by atoms with Crippen molar-refractivity contribution in [2.24, 2.45) is 0 Å². The largest absolute Gasteiger partial charge is 0.503 e. The monoisotopic (exact) mass is 437 g/mol. The maximum Gasteiger partial charge on any atom is 0.243 e. The van der Waals surface area contributed by atoms with E-state index in [1.165, 1.54) is 24.7 Å². The first kappa shape index (κ1) is 19.4.